The zero-order valence-corrected chi connectivity index (χ0v) is 5.86. The lowest BCUT2D eigenvalue weighted by molar-refractivity contribution is -0.136. The van der Waals surface area contributed by atoms with E-state index < -0.39 is 0 Å². The Morgan fingerprint density at radius 3 is 2.62 bits per heavy atom. The Morgan fingerprint density at radius 1 is 1.88 bits per heavy atom. The SMILES string of the molecule is CSC1CN(C)C1=O. The molecule has 1 saturated heterocycles. The summed E-state index contributed by atoms with van der Waals surface area (Å²) in [6.45, 7) is 0.931. The van der Waals surface area contributed by atoms with Crippen molar-refractivity contribution in [3.8, 4) is 0 Å². The number of hydrogen-bond acceptors (Lipinski definition) is 2. The Hall–Kier alpha value is -0.180. The van der Waals surface area contributed by atoms with Crippen molar-refractivity contribution in [2.75, 3.05) is 19.8 Å². The van der Waals surface area contributed by atoms with Crippen LogP contribution in [0.5, 0.6) is 0 Å². The van der Waals surface area contributed by atoms with E-state index in [0.29, 0.717) is 0 Å². The van der Waals surface area contributed by atoms with Crippen LogP contribution in [0, 0.1) is 0 Å². The first-order valence-electron chi connectivity index (χ1n) is 2.53. The maximum Gasteiger partial charge on any atom is 0.237 e. The molecule has 0 N–H and O–H groups in total. The number of β-lactam (4-membered cyclic amide) rings is 1. The van der Waals surface area contributed by atoms with Crippen molar-refractivity contribution in [3.63, 3.8) is 0 Å². The van der Waals surface area contributed by atoms with E-state index in [1.54, 1.807) is 16.7 Å². The number of rotatable bonds is 1. The molecule has 1 unspecified atom stereocenters. The fourth-order valence-electron chi connectivity index (χ4n) is 0.726. The molecule has 0 aliphatic carbocycles. The van der Waals surface area contributed by atoms with Gasteiger partial charge in [0.15, 0.2) is 0 Å². The van der Waals surface area contributed by atoms with Gasteiger partial charge in [0.05, 0.1) is 0 Å². The van der Waals surface area contributed by atoms with Gasteiger partial charge in [-0.25, -0.2) is 0 Å². The molecule has 0 saturated carbocycles. The van der Waals surface area contributed by atoms with Gasteiger partial charge in [-0.2, -0.15) is 11.8 Å². The van der Waals surface area contributed by atoms with E-state index in [1.807, 2.05) is 13.3 Å². The first-order valence-corrected chi connectivity index (χ1v) is 3.82. The maximum absolute atomic E-state index is 10.7. The number of carbonyl (C=O) groups excluding carboxylic acids is 1. The molecule has 46 valence electrons. The standard InChI is InChI=1S/C5H9NOS/c1-6-3-4(8-2)5(6)7/h4H,3H2,1-2H3. The molecule has 1 aliphatic rings. The van der Waals surface area contributed by atoms with Crippen molar-refractivity contribution < 1.29 is 4.79 Å². The third-order valence-corrected chi connectivity index (χ3v) is 2.30. The molecule has 0 aromatic heterocycles. The van der Waals surface area contributed by atoms with E-state index in [4.69, 9.17) is 0 Å². The van der Waals surface area contributed by atoms with Gasteiger partial charge in [-0.15, -0.1) is 0 Å². The van der Waals surface area contributed by atoms with E-state index in [0.717, 1.165) is 6.54 Å². The molecule has 1 rings (SSSR count). The highest BCUT2D eigenvalue weighted by Gasteiger charge is 2.32. The van der Waals surface area contributed by atoms with Gasteiger partial charge < -0.3 is 4.90 Å². The second kappa shape index (κ2) is 1.97. The largest absolute Gasteiger partial charge is 0.343 e. The molecule has 2 nitrogen and oxygen atoms in total. The Bertz CT molecular complexity index is 115. The van der Waals surface area contributed by atoms with E-state index in [1.165, 1.54) is 0 Å². The zero-order chi connectivity index (χ0) is 6.15. The summed E-state index contributed by atoms with van der Waals surface area (Å²) in [5, 5.41) is 0.264. The number of carbonyl (C=O) groups is 1. The van der Waals surface area contributed by atoms with Gasteiger partial charge in [0.1, 0.15) is 5.25 Å². The summed E-state index contributed by atoms with van der Waals surface area (Å²) < 4.78 is 0. The van der Waals surface area contributed by atoms with E-state index in [9.17, 15) is 4.79 Å². The maximum atomic E-state index is 10.7. The summed E-state index contributed by atoms with van der Waals surface area (Å²) in [6.07, 6.45) is 1.97. The van der Waals surface area contributed by atoms with Gasteiger partial charge in [-0.3, -0.25) is 4.79 Å². The molecule has 0 aromatic rings. The van der Waals surface area contributed by atoms with Crippen molar-refractivity contribution in [2.24, 2.45) is 0 Å². The normalized spacial score (nSPS) is 28.0. The summed E-state index contributed by atoms with van der Waals surface area (Å²) in [7, 11) is 1.83. The lowest BCUT2D eigenvalue weighted by atomic mass is 10.2. The van der Waals surface area contributed by atoms with Crippen LogP contribution >= 0.6 is 11.8 Å². The predicted molar refractivity (Wildman–Crippen MR) is 34.9 cm³/mol. The Morgan fingerprint density at radius 2 is 2.50 bits per heavy atom. The van der Waals surface area contributed by atoms with Crippen LogP contribution in [0.1, 0.15) is 0 Å². The molecule has 0 spiro atoms. The molecule has 0 bridgehead atoms. The van der Waals surface area contributed by atoms with Gasteiger partial charge in [-0.1, -0.05) is 0 Å². The first-order chi connectivity index (χ1) is 3.75. The molecule has 1 fully saturated rings. The van der Waals surface area contributed by atoms with Gasteiger partial charge >= 0.3 is 0 Å². The summed E-state index contributed by atoms with van der Waals surface area (Å²) in [4.78, 5) is 12.4. The molecule has 1 atom stereocenters. The van der Waals surface area contributed by atoms with Crippen LogP contribution in [0.25, 0.3) is 0 Å². The smallest absolute Gasteiger partial charge is 0.237 e. The predicted octanol–water partition coefficient (Wildman–Crippen LogP) is 0.190. The minimum absolute atomic E-state index is 0.264. The molecule has 0 aromatic carbocycles. The molecule has 8 heavy (non-hydrogen) atoms. The van der Waals surface area contributed by atoms with Crippen molar-refractivity contribution >= 4 is 17.7 Å². The van der Waals surface area contributed by atoms with Gasteiger partial charge in [-0.05, 0) is 6.26 Å². The molecule has 1 heterocycles. The van der Waals surface area contributed by atoms with Crippen LogP contribution in [0.3, 0.4) is 0 Å². The van der Waals surface area contributed by atoms with Gasteiger partial charge in [0.2, 0.25) is 5.91 Å². The lowest BCUT2D eigenvalue weighted by Crippen LogP contribution is -2.52. The fraction of sp³-hybridized carbons (Fsp3) is 0.800. The number of nitrogens with zero attached hydrogens (tertiary/aromatic N) is 1. The summed E-state index contributed by atoms with van der Waals surface area (Å²) >= 11 is 1.63. The number of hydrogen-bond donors (Lipinski definition) is 0. The van der Waals surface area contributed by atoms with Crippen molar-refractivity contribution in [1.29, 1.82) is 0 Å². The molecule has 3 heteroatoms. The van der Waals surface area contributed by atoms with Crippen LogP contribution in [-0.2, 0) is 4.79 Å². The Balaban J connectivity index is 2.36. The highest BCUT2D eigenvalue weighted by molar-refractivity contribution is 8.00. The van der Waals surface area contributed by atoms with Gasteiger partial charge in [0, 0.05) is 13.6 Å². The van der Waals surface area contributed by atoms with Crippen LogP contribution in [-0.4, -0.2) is 35.9 Å². The highest BCUT2D eigenvalue weighted by Crippen LogP contribution is 2.18. The second-order valence-electron chi connectivity index (χ2n) is 1.94. The minimum atomic E-state index is 0.264. The van der Waals surface area contributed by atoms with Crippen LogP contribution in [0.15, 0.2) is 0 Å². The Kier molecular flexibility index (Phi) is 1.47. The van der Waals surface area contributed by atoms with Crippen molar-refractivity contribution in [3.05, 3.63) is 0 Å². The van der Waals surface area contributed by atoms with E-state index in [2.05, 4.69) is 0 Å². The average Bonchev–Trinajstić information content (AvgIpc) is 1.81. The molecular formula is C5H9NOS. The lowest BCUT2D eigenvalue weighted by Gasteiger charge is -2.33. The Labute approximate surface area is 53.2 Å². The zero-order valence-electron chi connectivity index (χ0n) is 5.05. The quantitative estimate of drug-likeness (QED) is 0.473. The molecule has 1 amide bonds. The topological polar surface area (TPSA) is 20.3 Å². The van der Waals surface area contributed by atoms with E-state index in [-0.39, 0.29) is 11.2 Å². The first kappa shape index (κ1) is 5.95. The van der Waals surface area contributed by atoms with Crippen LogP contribution < -0.4 is 0 Å². The van der Waals surface area contributed by atoms with Crippen LogP contribution in [0.2, 0.25) is 0 Å². The summed E-state index contributed by atoms with van der Waals surface area (Å²) in [5.74, 6) is 0.275. The molecule has 1 aliphatic heterocycles. The fourth-order valence-corrected chi connectivity index (χ4v) is 1.48. The minimum Gasteiger partial charge on any atom is -0.343 e. The molecular weight excluding hydrogens is 122 g/mol. The van der Waals surface area contributed by atoms with E-state index >= 15 is 0 Å². The monoisotopic (exact) mass is 131 g/mol. The highest BCUT2D eigenvalue weighted by atomic mass is 32.2. The number of thioether (sulfide) groups is 1. The number of amides is 1. The summed E-state index contributed by atoms with van der Waals surface area (Å²) in [6, 6.07) is 0. The van der Waals surface area contributed by atoms with Gasteiger partial charge in [0.25, 0.3) is 0 Å². The number of likely N-dealkylation sites (tertiary alicyclic amines) is 1. The third kappa shape index (κ3) is 0.708. The van der Waals surface area contributed by atoms with Crippen LogP contribution in [0.4, 0.5) is 0 Å². The summed E-state index contributed by atoms with van der Waals surface area (Å²) in [5.41, 5.74) is 0. The third-order valence-electron chi connectivity index (χ3n) is 1.38. The van der Waals surface area contributed by atoms with Crippen molar-refractivity contribution in [1.82, 2.24) is 4.90 Å². The second-order valence-corrected chi connectivity index (χ2v) is 2.98. The molecule has 0 radical (unpaired) electrons. The van der Waals surface area contributed by atoms with Crippen molar-refractivity contribution in [2.45, 2.75) is 5.25 Å². The average molecular weight is 131 g/mol.